The first-order valence-electron chi connectivity index (χ1n) is 9.10. The van der Waals surface area contributed by atoms with Crippen molar-refractivity contribution in [3.05, 3.63) is 56.5 Å². The molecule has 10 heteroatoms. The number of carbonyl (C=O) groups excluding carboxylic acids is 2. The summed E-state index contributed by atoms with van der Waals surface area (Å²) in [6, 6.07) is 8.10. The molecular formula is C20H17Cl2N3O4S. The van der Waals surface area contributed by atoms with Gasteiger partial charge in [0, 0.05) is 6.92 Å². The summed E-state index contributed by atoms with van der Waals surface area (Å²) in [5.41, 5.74) is 2.71. The molecule has 0 aliphatic heterocycles. The Hall–Kier alpha value is -2.55. The summed E-state index contributed by atoms with van der Waals surface area (Å²) in [5, 5.41) is 12.6. The van der Waals surface area contributed by atoms with Crippen LogP contribution in [-0.4, -0.2) is 45.4 Å². The van der Waals surface area contributed by atoms with Crippen LogP contribution in [0.1, 0.15) is 34.6 Å². The van der Waals surface area contributed by atoms with Crippen LogP contribution in [0.3, 0.4) is 0 Å². The van der Waals surface area contributed by atoms with Crippen LogP contribution >= 0.6 is 34.5 Å². The van der Waals surface area contributed by atoms with Crippen LogP contribution in [-0.2, 0) is 16.0 Å². The summed E-state index contributed by atoms with van der Waals surface area (Å²) in [7, 11) is 0. The molecule has 3 N–H and O–H groups in total. The van der Waals surface area contributed by atoms with Gasteiger partial charge >= 0.3 is 5.97 Å². The van der Waals surface area contributed by atoms with Gasteiger partial charge in [-0.1, -0.05) is 47.5 Å². The van der Waals surface area contributed by atoms with E-state index >= 15 is 0 Å². The van der Waals surface area contributed by atoms with Crippen molar-refractivity contribution in [1.29, 1.82) is 0 Å². The second-order valence-corrected chi connectivity index (χ2v) is 9.11. The molecule has 1 aliphatic rings. The van der Waals surface area contributed by atoms with E-state index in [2.05, 4.69) is 10.3 Å². The maximum Gasteiger partial charge on any atom is 0.323 e. The third-order valence-electron chi connectivity index (χ3n) is 5.17. The minimum atomic E-state index is -1.12. The van der Waals surface area contributed by atoms with Gasteiger partial charge < -0.3 is 20.3 Å². The van der Waals surface area contributed by atoms with Crippen LogP contribution in [0.15, 0.2) is 30.3 Å². The number of aliphatic carboxylic acids is 1. The SMILES string of the molecule is CC(=O)N(CC(=O)O)C1c2ccccc2CC1NC(=O)c1cc2sc(Cl)c(Cl)c2[nH]1. The summed E-state index contributed by atoms with van der Waals surface area (Å²) < 4.78 is 1.21. The van der Waals surface area contributed by atoms with E-state index in [0.717, 1.165) is 15.8 Å². The van der Waals surface area contributed by atoms with Crippen molar-refractivity contribution in [1.82, 2.24) is 15.2 Å². The fourth-order valence-corrected chi connectivity index (χ4v) is 5.41. The molecule has 4 rings (SSSR count). The average Bonchev–Trinajstić information content (AvgIpc) is 3.33. The lowest BCUT2D eigenvalue weighted by atomic mass is 10.0. The number of carboxylic acids is 1. The molecule has 2 unspecified atom stereocenters. The Labute approximate surface area is 185 Å². The Bertz CT molecular complexity index is 1170. The number of nitrogens with zero attached hydrogens (tertiary/aromatic N) is 1. The highest BCUT2D eigenvalue weighted by molar-refractivity contribution is 7.23. The van der Waals surface area contributed by atoms with Crippen LogP contribution in [0.25, 0.3) is 10.2 Å². The summed E-state index contributed by atoms with van der Waals surface area (Å²) in [6.07, 6.45) is 0.484. The topological polar surface area (TPSA) is 102 Å². The fraction of sp³-hybridized carbons (Fsp3) is 0.250. The number of H-pyrrole nitrogens is 1. The smallest absolute Gasteiger partial charge is 0.323 e. The number of hydrogen-bond acceptors (Lipinski definition) is 4. The van der Waals surface area contributed by atoms with Crippen molar-refractivity contribution < 1.29 is 19.5 Å². The second-order valence-electron chi connectivity index (χ2n) is 7.08. The Balaban J connectivity index is 1.64. The minimum Gasteiger partial charge on any atom is -0.480 e. The normalized spacial score (nSPS) is 17.7. The molecule has 0 saturated heterocycles. The highest BCUT2D eigenvalue weighted by Gasteiger charge is 2.39. The highest BCUT2D eigenvalue weighted by Crippen LogP contribution is 2.39. The monoisotopic (exact) mass is 465 g/mol. The van der Waals surface area contributed by atoms with Gasteiger partial charge in [-0.3, -0.25) is 14.4 Å². The Morgan fingerprint density at radius 1 is 1.30 bits per heavy atom. The van der Waals surface area contributed by atoms with Gasteiger partial charge in [0.05, 0.1) is 27.3 Å². The zero-order valence-corrected chi connectivity index (χ0v) is 18.1. The second kappa shape index (κ2) is 7.94. The number of aromatic nitrogens is 1. The number of hydrogen-bond donors (Lipinski definition) is 3. The van der Waals surface area contributed by atoms with Gasteiger partial charge in [-0.2, -0.15) is 0 Å². The number of carboxylic acid groups (broad SMARTS) is 1. The van der Waals surface area contributed by atoms with Gasteiger partial charge in [0.15, 0.2) is 0 Å². The molecule has 2 aromatic heterocycles. The lowest BCUT2D eigenvalue weighted by molar-refractivity contribution is -0.145. The molecule has 30 heavy (non-hydrogen) atoms. The molecule has 0 radical (unpaired) electrons. The van der Waals surface area contributed by atoms with Gasteiger partial charge in [0.1, 0.15) is 16.6 Å². The third kappa shape index (κ3) is 3.66. The third-order valence-corrected chi connectivity index (χ3v) is 7.11. The number of halogens is 2. The van der Waals surface area contributed by atoms with Crippen LogP contribution in [0.4, 0.5) is 0 Å². The largest absolute Gasteiger partial charge is 0.480 e. The molecule has 0 bridgehead atoms. The van der Waals surface area contributed by atoms with Crippen LogP contribution < -0.4 is 5.32 Å². The fourth-order valence-electron chi connectivity index (χ4n) is 3.93. The summed E-state index contributed by atoms with van der Waals surface area (Å²) in [6.45, 7) is 0.876. The molecule has 7 nitrogen and oxygen atoms in total. The molecule has 1 aromatic carbocycles. The van der Waals surface area contributed by atoms with Gasteiger partial charge in [-0.15, -0.1) is 11.3 Å². The van der Waals surface area contributed by atoms with E-state index in [1.807, 2.05) is 24.3 Å². The summed E-state index contributed by atoms with van der Waals surface area (Å²) >= 11 is 13.4. The molecule has 156 valence electrons. The number of benzene rings is 1. The first kappa shape index (κ1) is 20.7. The number of fused-ring (bicyclic) bond motifs is 2. The van der Waals surface area contributed by atoms with Crippen molar-refractivity contribution in [2.45, 2.75) is 25.4 Å². The number of aromatic amines is 1. The first-order valence-corrected chi connectivity index (χ1v) is 10.7. The van der Waals surface area contributed by atoms with Crippen molar-refractivity contribution in [2.24, 2.45) is 0 Å². The molecule has 0 saturated carbocycles. The lowest BCUT2D eigenvalue weighted by Gasteiger charge is -2.32. The number of thiophene rings is 1. The van der Waals surface area contributed by atoms with E-state index in [4.69, 9.17) is 23.2 Å². The Morgan fingerprint density at radius 3 is 2.70 bits per heavy atom. The zero-order valence-electron chi connectivity index (χ0n) is 15.7. The Morgan fingerprint density at radius 2 is 2.03 bits per heavy atom. The minimum absolute atomic E-state index is 0.317. The predicted octanol–water partition coefficient (Wildman–Crippen LogP) is 3.87. The van der Waals surface area contributed by atoms with Crippen LogP contribution in [0, 0.1) is 0 Å². The number of amides is 2. The van der Waals surface area contributed by atoms with Crippen molar-refractivity contribution in [2.75, 3.05) is 6.54 Å². The molecule has 0 fully saturated rings. The molecule has 2 heterocycles. The van der Waals surface area contributed by atoms with Crippen molar-refractivity contribution in [3.8, 4) is 0 Å². The van der Waals surface area contributed by atoms with E-state index in [-0.39, 0.29) is 11.8 Å². The highest BCUT2D eigenvalue weighted by atomic mass is 35.5. The average molecular weight is 466 g/mol. The number of carbonyl (C=O) groups is 3. The quantitative estimate of drug-likeness (QED) is 0.531. The summed E-state index contributed by atoms with van der Waals surface area (Å²) in [4.78, 5) is 40.8. The van der Waals surface area contributed by atoms with Gasteiger partial charge in [-0.05, 0) is 23.6 Å². The van der Waals surface area contributed by atoms with E-state index in [9.17, 15) is 19.5 Å². The molecular weight excluding hydrogens is 449 g/mol. The molecule has 1 aliphatic carbocycles. The van der Waals surface area contributed by atoms with E-state index in [1.165, 1.54) is 23.2 Å². The Kier molecular flexibility index (Phi) is 5.48. The maximum atomic E-state index is 12.9. The molecule has 3 aromatic rings. The van der Waals surface area contributed by atoms with Crippen LogP contribution in [0.2, 0.25) is 9.36 Å². The number of nitrogens with one attached hydrogen (secondary N) is 2. The van der Waals surface area contributed by atoms with Gasteiger partial charge in [0.25, 0.3) is 5.91 Å². The van der Waals surface area contributed by atoms with E-state index < -0.39 is 24.6 Å². The standard InChI is InChI=1S/C20H17Cl2N3O4S/c1-9(26)25(8-15(27)28)18-11-5-3-2-4-10(11)6-12(18)24-20(29)13-7-14-17(23-13)16(21)19(22)30-14/h2-5,7,12,18,23H,6,8H2,1H3,(H,24,29)(H,27,28). The first-order chi connectivity index (χ1) is 14.3. The van der Waals surface area contributed by atoms with E-state index in [0.29, 0.717) is 27.0 Å². The molecule has 2 atom stereocenters. The van der Waals surface area contributed by atoms with Gasteiger partial charge in [-0.25, -0.2) is 0 Å². The maximum absolute atomic E-state index is 12.9. The van der Waals surface area contributed by atoms with Crippen molar-refractivity contribution in [3.63, 3.8) is 0 Å². The zero-order chi connectivity index (χ0) is 21.6. The number of rotatable bonds is 5. The van der Waals surface area contributed by atoms with E-state index in [1.54, 1.807) is 6.07 Å². The predicted molar refractivity (Wildman–Crippen MR) is 115 cm³/mol. The summed E-state index contributed by atoms with van der Waals surface area (Å²) in [5.74, 6) is -1.86. The van der Waals surface area contributed by atoms with Crippen molar-refractivity contribution >= 4 is 62.5 Å². The molecule has 0 spiro atoms. The lowest BCUT2D eigenvalue weighted by Crippen LogP contribution is -2.47. The molecule has 2 amide bonds. The van der Waals surface area contributed by atoms with Crippen LogP contribution in [0.5, 0.6) is 0 Å². The van der Waals surface area contributed by atoms with Gasteiger partial charge in [0.2, 0.25) is 5.91 Å².